The highest BCUT2D eigenvalue weighted by atomic mass is 35.5. The first-order valence-corrected chi connectivity index (χ1v) is 8.71. The molecule has 152 valence electrons. The lowest BCUT2D eigenvalue weighted by Gasteiger charge is -2.13. The number of alkyl halides is 3. The number of aromatic nitrogens is 2. The Hall–Kier alpha value is -3.07. The highest BCUT2D eigenvalue weighted by Crippen LogP contribution is 2.33. The Kier molecular flexibility index (Phi) is 6.07. The van der Waals surface area contributed by atoms with Gasteiger partial charge < -0.3 is 10.1 Å². The lowest BCUT2D eigenvalue weighted by Crippen LogP contribution is -2.30. The second kappa shape index (κ2) is 8.52. The molecule has 3 rings (SSSR count). The fourth-order valence-corrected chi connectivity index (χ4v) is 2.65. The van der Waals surface area contributed by atoms with Gasteiger partial charge in [0.15, 0.2) is 5.69 Å². The van der Waals surface area contributed by atoms with E-state index in [1.807, 2.05) is 0 Å². The highest BCUT2D eigenvalue weighted by molar-refractivity contribution is 6.30. The Morgan fingerprint density at radius 3 is 2.38 bits per heavy atom. The monoisotopic (exact) mass is 427 g/mol. The minimum absolute atomic E-state index is 0.00988. The fraction of sp³-hybridized carbons (Fsp3) is 0.158. The summed E-state index contributed by atoms with van der Waals surface area (Å²) < 4.78 is 59.5. The van der Waals surface area contributed by atoms with Crippen LogP contribution >= 0.6 is 11.6 Å². The van der Waals surface area contributed by atoms with Crippen LogP contribution in [0.25, 0.3) is 5.69 Å². The van der Waals surface area contributed by atoms with Crippen molar-refractivity contribution in [2.24, 2.45) is 0 Å². The van der Waals surface area contributed by atoms with Crippen molar-refractivity contribution in [3.63, 3.8) is 0 Å². The fourth-order valence-electron chi connectivity index (χ4n) is 2.52. The second-order valence-corrected chi connectivity index (χ2v) is 6.29. The van der Waals surface area contributed by atoms with Crippen molar-refractivity contribution >= 4 is 17.5 Å². The number of nitrogens with one attached hydrogen (secondary N) is 1. The van der Waals surface area contributed by atoms with Gasteiger partial charge in [-0.25, -0.2) is 9.07 Å². The van der Waals surface area contributed by atoms with Crippen LogP contribution in [0, 0.1) is 5.82 Å². The van der Waals surface area contributed by atoms with Crippen LogP contribution in [0.2, 0.25) is 5.02 Å². The molecule has 0 fully saturated rings. The van der Waals surface area contributed by atoms with Crippen molar-refractivity contribution in [2.75, 3.05) is 13.2 Å². The maximum absolute atomic E-state index is 13.6. The Morgan fingerprint density at radius 1 is 1.10 bits per heavy atom. The average Bonchev–Trinajstić information content (AvgIpc) is 3.13. The van der Waals surface area contributed by atoms with Gasteiger partial charge >= 0.3 is 6.18 Å². The Labute approximate surface area is 167 Å². The van der Waals surface area contributed by atoms with Crippen molar-refractivity contribution in [1.29, 1.82) is 0 Å². The SMILES string of the molecule is O=C(NCCOc1ccc(F)cc1)c1cnn(-c2ccc(Cl)cc2)c1C(F)(F)F. The van der Waals surface area contributed by atoms with Gasteiger partial charge in [-0.1, -0.05) is 11.6 Å². The van der Waals surface area contributed by atoms with Gasteiger partial charge in [0.05, 0.1) is 24.0 Å². The molecule has 0 bridgehead atoms. The molecule has 0 unspecified atom stereocenters. The van der Waals surface area contributed by atoms with Crippen LogP contribution in [0.15, 0.2) is 54.7 Å². The number of benzene rings is 2. The van der Waals surface area contributed by atoms with Crippen molar-refractivity contribution < 1.29 is 27.1 Å². The number of carbonyl (C=O) groups is 1. The predicted octanol–water partition coefficient (Wildman–Crippen LogP) is 4.49. The molecular weight excluding hydrogens is 414 g/mol. The number of amides is 1. The molecule has 0 aliphatic rings. The third kappa shape index (κ3) is 5.05. The van der Waals surface area contributed by atoms with Gasteiger partial charge in [0.1, 0.15) is 18.2 Å². The Balaban J connectivity index is 1.71. The Morgan fingerprint density at radius 2 is 1.76 bits per heavy atom. The zero-order valence-corrected chi connectivity index (χ0v) is 15.5. The molecule has 0 atom stereocenters. The lowest BCUT2D eigenvalue weighted by atomic mass is 10.2. The van der Waals surface area contributed by atoms with Crippen LogP contribution in [-0.2, 0) is 6.18 Å². The summed E-state index contributed by atoms with van der Waals surface area (Å²) in [4.78, 5) is 12.3. The molecule has 1 heterocycles. The first-order valence-electron chi connectivity index (χ1n) is 8.33. The third-order valence-electron chi connectivity index (χ3n) is 3.82. The van der Waals surface area contributed by atoms with Gasteiger partial charge in [-0.15, -0.1) is 0 Å². The van der Waals surface area contributed by atoms with Crippen LogP contribution in [0.1, 0.15) is 16.1 Å². The summed E-state index contributed by atoms with van der Waals surface area (Å²) in [5.74, 6) is -1.00. The van der Waals surface area contributed by atoms with Crippen molar-refractivity contribution in [3.05, 3.63) is 76.8 Å². The molecule has 3 aromatic rings. The van der Waals surface area contributed by atoms with E-state index in [0.29, 0.717) is 15.5 Å². The van der Waals surface area contributed by atoms with E-state index in [-0.39, 0.29) is 18.8 Å². The Bertz CT molecular complexity index is 986. The number of carbonyl (C=O) groups excluding carboxylic acids is 1. The molecular formula is C19H14ClF4N3O2. The van der Waals surface area contributed by atoms with Crippen molar-refractivity contribution in [2.45, 2.75) is 6.18 Å². The largest absolute Gasteiger partial charge is 0.492 e. The number of ether oxygens (including phenoxy) is 1. The van der Waals surface area contributed by atoms with E-state index in [1.165, 1.54) is 48.5 Å². The third-order valence-corrected chi connectivity index (χ3v) is 4.08. The smallest absolute Gasteiger partial charge is 0.434 e. The molecule has 0 radical (unpaired) electrons. The normalized spacial score (nSPS) is 11.3. The molecule has 1 aromatic heterocycles. The van der Waals surface area contributed by atoms with E-state index in [9.17, 15) is 22.4 Å². The molecule has 0 spiro atoms. The van der Waals surface area contributed by atoms with Gasteiger partial charge in [-0.05, 0) is 48.5 Å². The van der Waals surface area contributed by atoms with E-state index in [0.717, 1.165) is 6.20 Å². The quantitative estimate of drug-likeness (QED) is 0.466. The zero-order chi connectivity index (χ0) is 21.0. The van der Waals surface area contributed by atoms with Gasteiger partial charge in [0.2, 0.25) is 0 Å². The first-order chi connectivity index (χ1) is 13.8. The van der Waals surface area contributed by atoms with Crippen molar-refractivity contribution in [3.8, 4) is 11.4 Å². The highest BCUT2D eigenvalue weighted by Gasteiger charge is 2.40. The number of rotatable bonds is 6. The summed E-state index contributed by atoms with van der Waals surface area (Å²) >= 11 is 5.76. The molecule has 2 aromatic carbocycles. The summed E-state index contributed by atoms with van der Waals surface area (Å²) in [7, 11) is 0. The summed E-state index contributed by atoms with van der Waals surface area (Å²) in [6, 6.07) is 10.8. The number of halogens is 5. The zero-order valence-electron chi connectivity index (χ0n) is 14.7. The van der Waals surface area contributed by atoms with Crippen molar-refractivity contribution in [1.82, 2.24) is 15.1 Å². The summed E-state index contributed by atoms with van der Waals surface area (Å²) in [5.41, 5.74) is -1.70. The average molecular weight is 428 g/mol. The van der Waals surface area contributed by atoms with E-state index < -0.39 is 29.2 Å². The van der Waals surface area contributed by atoms with Crippen LogP contribution in [0.3, 0.4) is 0 Å². The molecule has 0 saturated heterocycles. The molecule has 0 aliphatic carbocycles. The van der Waals surface area contributed by atoms with Crippen LogP contribution < -0.4 is 10.1 Å². The second-order valence-electron chi connectivity index (χ2n) is 5.85. The van der Waals surface area contributed by atoms with E-state index in [2.05, 4.69) is 10.4 Å². The number of nitrogens with zero attached hydrogens (tertiary/aromatic N) is 2. The molecule has 1 N–H and O–H groups in total. The standard InChI is InChI=1S/C19H14ClF4N3O2/c20-12-1-5-14(6-2-12)27-17(19(22,23)24)16(11-26-27)18(28)25-9-10-29-15-7-3-13(21)4-8-15/h1-8,11H,9-10H2,(H,25,28). The minimum atomic E-state index is -4.81. The van der Waals surface area contributed by atoms with E-state index in [4.69, 9.17) is 16.3 Å². The topological polar surface area (TPSA) is 56.1 Å². The van der Waals surface area contributed by atoms with E-state index >= 15 is 0 Å². The molecule has 29 heavy (non-hydrogen) atoms. The summed E-state index contributed by atoms with van der Waals surface area (Å²) in [5, 5.41) is 6.42. The number of hydrogen-bond donors (Lipinski definition) is 1. The number of hydrogen-bond acceptors (Lipinski definition) is 3. The van der Waals surface area contributed by atoms with Gasteiger partial charge in [-0.3, -0.25) is 4.79 Å². The molecule has 0 aliphatic heterocycles. The first kappa shape index (κ1) is 20.7. The van der Waals surface area contributed by atoms with E-state index in [1.54, 1.807) is 0 Å². The predicted molar refractivity (Wildman–Crippen MR) is 97.8 cm³/mol. The minimum Gasteiger partial charge on any atom is -0.492 e. The van der Waals surface area contributed by atoms with Crippen LogP contribution in [0.5, 0.6) is 5.75 Å². The summed E-state index contributed by atoms with van der Waals surface area (Å²) in [6.07, 6.45) is -3.96. The van der Waals surface area contributed by atoms with Crippen LogP contribution in [0.4, 0.5) is 17.6 Å². The van der Waals surface area contributed by atoms with Gasteiger partial charge in [-0.2, -0.15) is 18.3 Å². The lowest BCUT2D eigenvalue weighted by molar-refractivity contribution is -0.143. The maximum Gasteiger partial charge on any atom is 0.434 e. The maximum atomic E-state index is 13.6. The van der Waals surface area contributed by atoms with Gasteiger partial charge in [0, 0.05) is 5.02 Å². The summed E-state index contributed by atoms with van der Waals surface area (Å²) in [6.45, 7) is -0.0658. The molecule has 10 heteroatoms. The van der Waals surface area contributed by atoms with Gasteiger partial charge in [0.25, 0.3) is 5.91 Å². The molecule has 5 nitrogen and oxygen atoms in total. The van der Waals surface area contributed by atoms with Crippen LogP contribution in [-0.4, -0.2) is 28.8 Å². The molecule has 0 saturated carbocycles. The molecule has 1 amide bonds.